The van der Waals surface area contributed by atoms with E-state index in [1.165, 1.54) is 35.7 Å². The number of rotatable bonds is 8. The van der Waals surface area contributed by atoms with Gasteiger partial charge >= 0.3 is 0 Å². The summed E-state index contributed by atoms with van der Waals surface area (Å²) in [7, 11) is 0. The summed E-state index contributed by atoms with van der Waals surface area (Å²) in [6.07, 6.45) is 0.901. The van der Waals surface area contributed by atoms with Crippen LogP contribution < -0.4 is 15.5 Å². The van der Waals surface area contributed by atoms with E-state index in [2.05, 4.69) is 10.6 Å². The molecule has 1 aliphatic heterocycles. The van der Waals surface area contributed by atoms with Gasteiger partial charge in [-0.15, -0.1) is 0 Å². The van der Waals surface area contributed by atoms with Crippen LogP contribution in [0.4, 0.5) is 10.1 Å². The number of nitrogens with one attached hydrogen (secondary N) is 3. The van der Waals surface area contributed by atoms with Crippen molar-refractivity contribution in [1.82, 2.24) is 5.32 Å². The Morgan fingerprint density at radius 1 is 1.13 bits per heavy atom. The van der Waals surface area contributed by atoms with Crippen molar-refractivity contribution in [2.45, 2.75) is 23.1 Å². The smallest absolute Gasteiger partial charge is 0.251 e. The third-order valence-corrected chi connectivity index (χ3v) is 5.87. The van der Waals surface area contributed by atoms with Crippen LogP contribution in [0.1, 0.15) is 23.7 Å². The lowest BCUT2D eigenvalue weighted by Gasteiger charge is -2.23. The lowest BCUT2D eigenvalue weighted by Crippen LogP contribution is -3.14. The van der Waals surface area contributed by atoms with Crippen molar-refractivity contribution < 1.29 is 23.6 Å². The van der Waals surface area contributed by atoms with Gasteiger partial charge < -0.3 is 20.3 Å². The van der Waals surface area contributed by atoms with Crippen molar-refractivity contribution in [2.75, 3.05) is 44.7 Å². The van der Waals surface area contributed by atoms with E-state index in [-0.39, 0.29) is 17.6 Å². The maximum atomic E-state index is 13.1. The predicted molar refractivity (Wildman–Crippen MR) is 115 cm³/mol. The Kier molecular flexibility index (Phi) is 8.24. The zero-order valence-electron chi connectivity index (χ0n) is 17.0. The van der Waals surface area contributed by atoms with Crippen LogP contribution in [-0.4, -0.2) is 51.2 Å². The van der Waals surface area contributed by atoms with Crippen LogP contribution in [0.3, 0.4) is 0 Å². The minimum atomic E-state index is -0.302. The van der Waals surface area contributed by atoms with Crippen LogP contribution in [0.5, 0.6) is 0 Å². The SMILES string of the molecule is CC(=O)Nc1cc(C(=O)NCCC[NH+]2CCOCC2)ccc1Sc1ccc(F)cc1. The quantitative estimate of drug-likeness (QED) is 0.558. The second kappa shape index (κ2) is 11.1. The number of carbonyl (C=O) groups is 2. The summed E-state index contributed by atoms with van der Waals surface area (Å²) >= 11 is 1.40. The highest BCUT2D eigenvalue weighted by molar-refractivity contribution is 7.99. The molecule has 3 N–H and O–H groups in total. The number of carbonyl (C=O) groups excluding carboxylic acids is 2. The second-order valence-corrected chi connectivity index (χ2v) is 8.29. The van der Waals surface area contributed by atoms with Gasteiger partial charge in [-0.2, -0.15) is 0 Å². The van der Waals surface area contributed by atoms with Gasteiger partial charge in [-0.05, 0) is 42.5 Å². The minimum Gasteiger partial charge on any atom is -0.370 e. The molecule has 8 heteroatoms. The van der Waals surface area contributed by atoms with Crippen LogP contribution in [-0.2, 0) is 9.53 Å². The third kappa shape index (κ3) is 6.83. The molecule has 0 unspecified atom stereocenters. The maximum absolute atomic E-state index is 13.1. The van der Waals surface area contributed by atoms with Crippen molar-refractivity contribution in [3.63, 3.8) is 0 Å². The fraction of sp³-hybridized carbons (Fsp3) is 0.364. The van der Waals surface area contributed by atoms with Crippen LogP contribution in [0.2, 0.25) is 0 Å². The number of anilines is 1. The molecule has 1 saturated heterocycles. The van der Waals surface area contributed by atoms with E-state index in [4.69, 9.17) is 4.74 Å². The zero-order chi connectivity index (χ0) is 21.3. The van der Waals surface area contributed by atoms with E-state index in [1.807, 2.05) is 0 Å². The highest BCUT2D eigenvalue weighted by Gasteiger charge is 2.14. The average Bonchev–Trinajstić information content (AvgIpc) is 2.74. The van der Waals surface area contributed by atoms with Gasteiger partial charge in [0.1, 0.15) is 18.9 Å². The summed E-state index contributed by atoms with van der Waals surface area (Å²) in [6, 6.07) is 11.3. The van der Waals surface area contributed by atoms with Crippen molar-refractivity contribution in [3.05, 3.63) is 53.8 Å². The summed E-state index contributed by atoms with van der Waals surface area (Å²) in [5.41, 5.74) is 1.04. The number of ether oxygens (including phenoxy) is 1. The topological polar surface area (TPSA) is 71.9 Å². The van der Waals surface area contributed by atoms with Gasteiger partial charge in [0.05, 0.1) is 25.4 Å². The normalized spacial score (nSPS) is 14.3. The van der Waals surface area contributed by atoms with Gasteiger partial charge in [0, 0.05) is 35.2 Å². The Labute approximate surface area is 180 Å². The lowest BCUT2D eigenvalue weighted by molar-refractivity contribution is -0.908. The third-order valence-electron chi connectivity index (χ3n) is 4.79. The van der Waals surface area contributed by atoms with Gasteiger partial charge in [-0.25, -0.2) is 4.39 Å². The van der Waals surface area contributed by atoms with Gasteiger partial charge in [0.25, 0.3) is 5.91 Å². The lowest BCUT2D eigenvalue weighted by atomic mass is 10.2. The Morgan fingerprint density at radius 2 is 1.87 bits per heavy atom. The molecule has 160 valence electrons. The summed E-state index contributed by atoms with van der Waals surface area (Å²) in [5.74, 6) is -0.692. The first-order chi connectivity index (χ1) is 14.5. The Balaban J connectivity index is 1.60. The molecule has 0 saturated carbocycles. The molecule has 1 fully saturated rings. The van der Waals surface area contributed by atoms with E-state index in [0.29, 0.717) is 17.8 Å². The fourth-order valence-corrected chi connectivity index (χ4v) is 4.11. The van der Waals surface area contributed by atoms with E-state index < -0.39 is 0 Å². The van der Waals surface area contributed by atoms with E-state index in [1.54, 1.807) is 30.3 Å². The van der Waals surface area contributed by atoms with E-state index >= 15 is 0 Å². The van der Waals surface area contributed by atoms with Gasteiger partial charge in [-0.1, -0.05) is 11.8 Å². The molecule has 0 aromatic heterocycles. The zero-order valence-corrected chi connectivity index (χ0v) is 17.8. The summed E-state index contributed by atoms with van der Waals surface area (Å²) < 4.78 is 18.5. The number of morpholine rings is 1. The van der Waals surface area contributed by atoms with Gasteiger partial charge in [0.15, 0.2) is 0 Å². The molecule has 30 heavy (non-hydrogen) atoms. The van der Waals surface area contributed by atoms with Crippen LogP contribution >= 0.6 is 11.8 Å². The van der Waals surface area contributed by atoms with E-state index in [9.17, 15) is 14.0 Å². The molecule has 1 heterocycles. The van der Waals surface area contributed by atoms with Crippen LogP contribution in [0.15, 0.2) is 52.3 Å². The first-order valence-corrected chi connectivity index (χ1v) is 10.9. The Hall–Kier alpha value is -2.42. The van der Waals surface area contributed by atoms with Crippen molar-refractivity contribution in [1.29, 1.82) is 0 Å². The highest BCUT2D eigenvalue weighted by Crippen LogP contribution is 2.34. The minimum absolute atomic E-state index is 0.170. The molecule has 2 amide bonds. The first-order valence-electron chi connectivity index (χ1n) is 10.1. The number of hydrogen-bond acceptors (Lipinski definition) is 4. The monoisotopic (exact) mass is 432 g/mol. The molecular weight excluding hydrogens is 405 g/mol. The molecule has 0 radical (unpaired) electrons. The van der Waals surface area contributed by atoms with Crippen molar-refractivity contribution >= 4 is 29.3 Å². The van der Waals surface area contributed by atoms with Crippen molar-refractivity contribution in [3.8, 4) is 0 Å². The molecule has 2 aromatic rings. The van der Waals surface area contributed by atoms with Crippen molar-refractivity contribution in [2.24, 2.45) is 0 Å². The molecule has 6 nitrogen and oxygen atoms in total. The Bertz CT molecular complexity index is 870. The molecular formula is C22H27FN3O3S+. The molecule has 1 aliphatic rings. The summed E-state index contributed by atoms with van der Waals surface area (Å²) in [5, 5.41) is 5.73. The number of hydrogen-bond donors (Lipinski definition) is 3. The fourth-order valence-electron chi connectivity index (χ4n) is 3.23. The summed E-state index contributed by atoms with van der Waals surface area (Å²) in [6.45, 7) is 6.67. The molecule has 0 bridgehead atoms. The predicted octanol–water partition coefficient (Wildman–Crippen LogP) is 1.97. The Morgan fingerprint density at radius 3 is 2.57 bits per heavy atom. The standard InChI is InChI=1S/C22H26FN3O3S/c1-16(27)25-20-15-17(3-8-21(20)30-19-6-4-18(23)5-7-19)22(28)24-9-2-10-26-11-13-29-14-12-26/h3-8,15H,2,9-14H2,1H3,(H,24,28)(H,25,27)/p+1. The molecule has 0 spiro atoms. The van der Waals surface area contributed by atoms with Crippen LogP contribution in [0.25, 0.3) is 0 Å². The number of amides is 2. The first kappa shape index (κ1) is 22.3. The number of quaternary nitrogens is 1. The maximum Gasteiger partial charge on any atom is 0.251 e. The summed E-state index contributed by atoms with van der Waals surface area (Å²) in [4.78, 5) is 27.3. The molecule has 0 atom stereocenters. The second-order valence-electron chi connectivity index (χ2n) is 7.17. The molecule has 2 aromatic carbocycles. The highest BCUT2D eigenvalue weighted by atomic mass is 32.2. The average molecular weight is 433 g/mol. The van der Waals surface area contributed by atoms with Gasteiger partial charge in [-0.3, -0.25) is 9.59 Å². The number of halogens is 1. The number of benzene rings is 2. The molecule has 0 aliphatic carbocycles. The van der Waals surface area contributed by atoms with E-state index in [0.717, 1.165) is 49.1 Å². The van der Waals surface area contributed by atoms with Gasteiger partial charge in [0.2, 0.25) is 5.91 Å². The van der Waals surface area contributed by atoms with Crippen LogP contribution in [0, 0.1) is 5.82 Å². The molecule has 3 rings (SSSR count). The largest absolute Gasteiger partial charge is 0.370 e.